The van der Waals surface area contributed by atoms with E-state index in [0.29, 0.717) is 6.54 Å². The largest absolute Gasteiger partial charge is 0.457 e. The minimum atomic E-state index is -0.214. The van der Waals surface area contributed by atoms with Crippen molar-refractivity contribution < 1.29 is 18.8 Å². The van der Waals surface area contributed by atoms with Crippen LogP contribution in [-0.4, -0.2) is 37.9 Å². The van der Waals surface area contributed by atoms with Gasteiger partial charge in [-0.05, 0) is 37.5 Å². The number of carbonyl (C=O) groups excluding carboxylic acids is 1. The molecular weight excluding hydrogens is 410 g/mol. The molecule has 0 aliphatic carbocycles. The normalized spacial score (nSPS) is 12.4. The number of unbranched alkanes of at least 4 members (excludes halogenated alkanes) is 6. The molecule has 0 amide bonds. The Morgan fingerprint density at radius 3 is 2.27 bits per heavy atom. The molecule has 0 aromatic heterocycles. The lowest BCUT2D eigenvalue weighted by Crippen LogP contribution is -2.44. The van der Waals surface area contributed by atoms with Crippen LogP contribution in [0.3, 0.4) is 0 Å². The Morgan fingerprint density at radius 2 is 1.55 bits per heavy atom. The number of hydrogen-bond donors (Lipinski definition) is 0. The van der Waals surface area contributed by atoms with Gasteiger partial charge in [-0.15, -0.1) is 0 Å². The summed E-state index contributed by atoms with van der Waals surface area (Å²) in [6.45, 7) is 5.72. The summed E-state index contributed by atoms with van der Waals surface area (Å²) in [6.07, 6.45) is 10.2. The third kappa shape index (κ3) is 11.4. The molecule has 2 aromatic rings. The molecule has 0 aliphatic rings. The van der Waals surface area contributed by atoms with Crippen LogP contribution in [0.2, 0.25) is 0 Å². The fourth-order valence-electron chi connectivity index (χ4n) is 4.33. The van der Waals surface area contributed by atoms with Crippen molar-refractivity contribution in [3.05, 3.63) is 65.7 Å². The maximum Gasteiger partial charge on any atom is 0.317 e. The monoisotopic (exact) mass is 454 g/mol. The van der Waals surface area contributed by atoms with Gasteiger partial charge in [0, 0.05) is 5.56 Å². The van der Waals surface area contributed by atoms with Crippen molar-refractivity contribution in [3.63, 3.8) is 0 Å². The highest BCUT2D eigenvalue weighted by Crippen LogP contribution is 2.17. The molecule has 182 valence electrons. The van der Waals surface area contributed by atoms with Crippen LogP contribution < -0.4 is 4.74 Å². The van der Waals surface area contributed by atoms with E-state index in [1.807, 2.05) is 37.3 Å². The van der Waals surface area contributed by atoms with Gasteiger partial charge >= 0.3 is 5.97 Å². The first kappa shape index (κ1) is 26.9. The first-order valence-corrected chi connectivity index (χ1v) is 12.6. The summed E-state index contributed by atoms with van der Waals surface area (Å²) in [5, 5.41) is 0. The predicted molar refractivity (Wildman–Crippen MR) is 136 cm³/mol. The zero-order valence-corrected chi connectivity index (χ0v) is 21.2. The van der Waals surface area contributed by atoms with Gasteiger partial charge in [0.25, 0.3) is 0 Å². The topological polar surface area (TPSA) is 35.5 Å². The highest BCUT2D eigenvalue weighted by atomic mass is 16.7. The second-order valence-electron chi connectivity index (χ2n) is 9.91. The van der Waals surface area contributed by atoms with E-state index in [9.17, 15) is 4.79 Å². The smallest absolute Gasteiger partial charge is 0.317 e. The second kappa shape index (κ2) is 14.7. The minimum absolute atomic E-state index is 0.0455. The quantitative estimate of drug-likeness (QED) is 0.121. The lowest BCUT2D eigenvalue weighted by molar-refractivity contribution is -0.905. The van der Waals surface area contributed by atoms with Gasteiger partial charge in [0.1, 0.15) is 18.2 Å². The Labute approximate surface area is 201 Å². The zero-order chi connectivity index (χ0) is 23.9. The van der Waals surface area contributed by atoms with Gasteiger partial charge < -0.3 is 14.0 Å². The first-order valence-electron chi connectivity index (χ1n) is 12.6. The van der Waals surface area contributed by atoms with Crippen molar-refractivity contribution in [2.24, 2.45) is 5.92 Å². The molecule has 2 rings (SSSR count). The van der Waals surface area contributed by atoms with Crippen molar-refractivity contribution in [1.82, 2.24) is 0 Å². The molecule has 0 saturated carbocycles. The Morgan fingerprint density at radius 1 is 0.879 bits per heavy atom. The van der Waals surface area contributed by atoms with E-state index < -0.39 is 0 Å². The van der Waals surface area contributed by atoms with Gasteiger partial charge in [-0.1, -0.05) is 87.9 Å². The molecule has 0 fully saturated rings. The van der Waals surface area contributed by atoms with Gasteiger partial charge in [0.05, 0.1) is 20.6 Å². The molecule has 0 radical (unpaired) electrons. The summed E-state index contributed by atoms with van der Waals surface area (Å²) in [4.78, 5) is 12.5. The zero-order valence-electron chi connectivity index (χ0n) is 21.2. The molecule has 0 spiro atoms. The predicted octanol–water partition coefficient (Wildman–Crippen LogP) is 6.77. The maximum absolute atomic E-state index is 12.5. The molecule has 4 nitrogen and oxygen atoms in total. The molecular formula is C29H44NO3+. The molecule has 0 saturated heterocycles. The molecule has 2 aromatic carbocycles. The van der Waals surface area contributed by atoms with Crippen molar-refractivity contribution >= 4 is 5.97 Å². The summed E-state index contributed by atoms with van der Waals surface area (Å²) >= 11 is 0. The molecule has 33 heavy (non-hydrogen) atoms. The summed E-state index contributed by atoms with van der Waals surface area (Å²) in [5.74, 6) is 0.348. The fourth-order valence-corrected chi connectivity index (χ4v) is 4.33. The van der Waals surface area contributed by atoms with Crippen LogP contribution in [0.1, 0.15) is 69.9 Å². The first-order chi connectivity index (χ1) is 15.9. The van der Waals surface area contributed by atoms with Crippen LogP contribution in [0.5, 0.6) is 5.75 Å². The average Bonchev–Trinajstić information content (AvgIpc) is 2.78. The second-order valence-corrected chi connectivity index (χ2v) is 9.91. The van der Waals surface area contributed by atoms with E-state index in [2.05, 4.69) is 45.3 Å². The van der Waals surface area contributed by atoms with Gasteiger partial charge in [-0.25, -0.2) is 0 Å². The Balaban J connectivity index is 1.68. The number of carbonyl (C=O) groups is 1. The lowest BCUT2D eigenvalue weighted by atomic mass is 10.0. The van der Waals surface area contributed by atoms with Crippen molar-refractivity contribution in [2.45, 2.75) is 71.8 Å². The maximum atomic E-state index is 12.5. The molecule has 4 heteroatoms. The molecule has 0 N–H and O–H groups in total. The van der Waals surface area contributed by atoms with Crippen LogP contribution in [0.15, 0.2) is 54.6 Å². The molecule has 0 heterocycles. The Kier molecular flexibility index (Phi) is 12.0. The van der Waals surface area contributed by atoms with E-state index in [4.69, 9.17) is 9.47 Å². The summed E-state index contributed by atoms with van der Waals surface area (Å²) in [5.41, 5.74) is 2.54. The number of rotatable bonds is 16. The minimum Gasteiger partial charge on any atom is -0.457 e. The molecule has 0 bridgehead atoms. The van der Waals surface area contributed by atoms with Gasteiger partial charge in [0.2, 0.25) is 6.79 Å². The third-order valence-electron chi connectivity index (χ3n) is 6.02. The number of nitrogens with zero attached hydrogens (tertiary/aromatic N) is 1. The molecule has 1 atom stereocenters. The molecule has 0 aliphatic heterocycles. The van der Waals surface area contributed by atoms with E-state index in [1.54, 1.807) is 0 Å². The lowest BCUT2D eigenvalue weighted by Gasteiger charge is -2.31. The highest BCUT2D eigenvalue weighted by Gasteiger charge is 2.25. The van der Waals surface area contributed by atoms with Crippen molar-refractivity contribution in [3.8, 4) is 5.75 Å². The molecule has 1 unspecified atom stereocenters. The Hall–Kier alpha value is -2.33. The van der Waals surface area contributed by atoms with Crippen LogP contribution >= 0.6 is 0 Å². The van der Waals surface area contributed by atoms with Crippen molar-refractivity contribution in [1.29, 1.82) is 0 Å². The van der Waals surface area contributed by atoms with E-state index in [1.165, 1.54) is 56.1 Å². The van der Waals surface area contributed by atoms with Crippen LogP contribution in [0.25, 0.3) is 0 Å². The number of benzene rings is 2. The standard InChI is InChI=1S/C29H44NO3/c1-5-6-7-8-9-10-12-16-26-19-15-20-28(21-26)32-24-33-29(31)25(2)22-30(3,4)23-27-17-13-11-14-18-27/h11,13-15,17-21,25H,5-10,12,16,22-24H2,1-4H3/q+1. The summed E-state index contributed by atoms with van der Waals surface area (Å²) in [6, 6.07) is 18.5. The SMILES string of the molecule is CCCCCCCCCc1cccc(OCOC(=O)C(C)C[N+](C)(C)Cc2ccccc2)c1. The van der Waals surface area contributed by atoms with Gasteiger partial charge in [-0.3, -0.25) is 4.79 Å². The number of aryl methyl sites for hydroxylation is 1. The summed E-state index contributed by atoms with van der Waals surface area (Å²) < 4.78 is 11.9. The summed E-state index contributed by atoms with van der Waals surface area (Å²) in [7, 11) is 4.29. The van der Waals surface area contributed by atoms with E-state index in [0.717, 1.165) is 23.2 Å². The Bertz CT molecular complexity index is 804. The third-order valence-corrected chi connectivity index (χ3v) is 6.02. The average molecular weight is 455 g/mol. The number of ether oxygens (including phenoxy) is 2. The van der Waals surface area contributed by atoms with Gasteiger partial charge in [-0.2, -0.15) is 0 Å². The van der Waals surface area contributed by atoms with Crippen LogP contribution in [0, 0.1) is 5.92 Å². The number of hydrogen-bond acceptors (Lipinski definition) is 3. The number of esters is 1. The van der Waals surface area contributed by atoms with Crippen LogP contribution in [0.4, 0.5) is 0 Å². The van der Waals surface area contributed by atoms with E-state index in [-0.39, 0.29) is 18.7 Å². The van der Waals surface area contributed by atoms with Crippen LogP contribution in [-0.2, 0) is 22.5 Å². The fraction of sp³-hybridized carbons (Fsp3) is 0.552. The van der Waals surface area contributed by atoms with E-state index >= 15 is 0 Å². The van der Waals surface area contributed by atoms with Crippen molar-refractivity contribution in [2.75, 3.05) is 27.4 Å². The number of quaternary nitrogens is 1. The highest BCUT2D eigenvalue weighted by molar-refractivity contribution is 5.72. The van der Waals surface area contributed by atoms with Gasteiger partial charge in [0.15, 0.2) is 0 Å².